The van der Waals surface area contributed by atoms with Crippen molar-refractivity contribution in [2.24, 2.45) is 5.92 Å². The van der Waals surface area contributed by atoms with Crippen LogP contribution >= 0.6 is 11.3 Å². The number of amides is 1. The standard InChI is InChI=1S/C17H17NO3S/c1-11-4-6-12(7-5-11)18-15(19)9-8-13(17(20)21)16(18)14-3-2-10-22-14/h2-7,10,13,16H,8-9H2,1H3,(H,20,21)/p-1/t13-,16+/m0/s1. The van der Waals surface area contributed by atoms with E-state index in [1.165, 1.54) is 11.3 Å². The molecule has 0 N–H and O–H groups in total. The maximum absolute atomic E-state index is 12.5. The first-order valence-electron chi connectivity index (χ1n) is 7.21. The second kappa shape index (κ2) is 5.93. The Morgan fingerprint density at radius 1 is 1.27 bits per heavy atom. The molecule has 2 aromatic rings. The summed E-state index contributed by atoms with van der Waals surface area (Å²) in [5.74, 6) is -1.82. The van der Waals surface area contributed by atoms with E-state index >= 15 is 0 Å². The zero-order chi connectivity index (χ0) is 15.7. The number of anilines is 1. The average Bonchev–Trinajstić information content (AvgIpc) is 3.01. The van der Waals surface area contributed by atoms with Gasteiger partial charge in [0.15, 0.2) is 0 Å². The predicted octanol–water partition coefficient (Wildman–Crippen LogP) is 2.29. The minimum atomic E-state index is -1.09. The highest BCUT2D eigenvalue weighted by atomic mass is 32.1. The molecule has 0 unspecified atom stereocenters. The number of hydrogen-bond acceptors (Lipinski definition) is 4. The molecule has 3 rings (SSSR count). The first-order valence-corrected chi connectivity index (χ1v) is 8.09. The maximum atomic E-state index is 12.5. The van der Waals surface area contributed by atoms with Gasteiger partial charge in [-0.25, -0.2) is 0 Å². The summed E-state index contributed by atoms with van der Waals surface area (Å²) in [5, 5.41) is 13.5. The van der Waals surface area contributed by atoms with Gasteiger partial charge in [0.05, 0.1) is 6.04 Å². The molecule has 1 fully saturated rings. The van der Waals surface area contributed by atoms with E-state index in [4.69, 9.17) is 0 Å². The van der Waals surface area contributed by atoms with Crippen molar-refractivity contribution in [2.75, 3.05) is 4.90 Å². The van der Waals surface area contributed by atoms with Crippen molar-refractivity contribution in [1.29, 1.82) is 0 Å². The van der Waals surface area contributed by atoms with Crippen LogP contribution in [0.5, 0.6) is 0 Å². The average molecular weight is 314 g/mol. The van der Waals surface area contributed by atoms with E-state index in [0.717, 1.165) is 16.1 Å². The van der Waals surface area contributed by atoms with E-state index < -0.39 is 17.9 Å². The van der Waals surface area contributed by atoms with Gasteiger partial charge in [0.2, 0.25) is 5.91 Å². The Morgan fingerprint density at radius 2 is 2.00 bits per heavy atom. The molecule has 22 heavy (non-hydrogen) atoms. The monoisotopic (exact) mass is 314 g/mol. The summed E-state index contributed by atoms with van der Waals surface area (Å²) in [6, 6.07) is 10.8. The Bertz CT molecular complexity index is 678. The fraction of sp³-hybridized carbons (Fsp3) is 0.294. The van der Waals surface area contributed by atoms with Crippen LogP contribution in [-0.2, 0) is 9.59 Å². The van der Waals surface area contributed by atoms with Crippen LogP contribution < -0.4 is 10.0 Å². The number of aliphatic carboxylic acids is 1. The number of rotatable bonds is 3. The molecular formula is C17H16NO3S-. The molecule has 0 saturated carbocycles. The molecule has 1 aliphatic rings. The van der Waals surface area contributed by atoms with Crippen LogP contribution in [0, 0.1) is 12.8 Å². The van der Waals surface area contributed by atoms with E-state index in [0.29, 0.717) is 6.42 Å². The minimum Gasteiger partial charge on any atom is -0.550 e. The normalized spacial score (nSPS) is 21.9. The lowest BCUT2D eigenvalue weighted by Crippen LogP contribution is -2.48. The lowest BCUT2D eigenvalue weighted by Gasteiger charge is -2.41. The first-order chi connectivity index (χ1) is 10.6. The van der Waals surface area contributed by atoms with Crippen molar-refractivity contribution < 1.29 is 14.7 Å². The van der Waals surface area contributed by atoms with Crippen LogP contribution in [0.3, 0.4) is 0 Å². The van der Waals surface area contributed by atoms with Crippen LogP contribution in [0.25, 0.3) is 0 Å². The second-order valence-electron chi connectivity index (χ2n) is 5.52. The number of benzene rings is 1. The molecule has 0 aliphatic carbocycles. The molecule has 1 amide bonds. The summed E-state index contributed by atoms with van der Waals surface area (Å²) >= 11 is 1.47. The highest BCUT2D eigenvalue weighted by molar-refractivity contribution is 7.10. The summed E-state index contributed by atoms with van der Waals surface area (Å²) in [6.07, 6.45) is 0.556. The lowest BCUT2D eigenvalue weighted by atomic mass is 9.87. The summed E-state index contributed by atoms with van der Waals surface area (Å²) in [5.41, 5.74) is 1.83. The van der Waals surface area contributed by atoms with Gasteiger partial charge in [-0.15, -0.1) is 11.3 Å². The molecule has 0 bridgehead atoms. The molecule has 2 heterocycles. The van der Waals surface area contributed by atoms with Gasteiger partial charge in [0.1, 0.15) is 0 Å². The number of piperidine rings is 1. The second-order valence-corrected chi connectivity index (χ2v) is 6.50. The Hall–Kier alpha value is -2.14. The van der Waals surface area contributed by atoms with Crippen molar-refractivity contribution in [1.82, 2.24) is 0 Å². The fourth-order valence-electron chi connectivity index (χ4n) is 2.93. The number of carbonyl (C=O) groups is 2. The third kappa shape index (κ3) is 2.64. The molecule has 0 spiro atoms. The number of thiophene rings is 1. The fourth-order valence-corrected chi connectivity index (χ4v) is 3.81. The topological polar surface area (TPSA) is 60.4 Å². The number of hydrogen-bond donors (Lipinski definition) is 0. The molecule has 1 saturated heterocycles. The molecule has 2 atom stereocenters. The van der Waals surface area contributed by atoms with E-state index in [1.807, 2.05) is 48.7 Å². The minimum absolute atomic E-state index is 0.0419. The third-order valence-corrected chi connectivity index (χ3v) is 4.99. The highest BCUT2D eigenvalue weighted by Gasteiger charge is 2.38. The largest absolute Gasteiger partial charge is 0.550 e. The molecule has 4 nitrogen and oxygen atoms in total. The van der Waals surface area contributed by atoms with Gasteiger partial charge in [0, 0.05) is 28.9 Å². The molecule has 114 valence electrons. The Morgan fingerprint density at radius 3 is 2.59 bits per heavy atom. The summed E-state index contributed by atoms with van der Waals surface area (Å²) in [4.78, 5) is 26.5. The van der Waals surface area contributed by atoms with Crippen LogP contribution in [0.15, 0.2) is 41.8 Å². The SMILES string of the molecule is Cc1ccc(N2C(=O)CC[C@H](C(=O)[O-])[C@@H]2c2cccs2)cc1. The zero-order valence-corrected chi connectivity index (χ0v) is 13.0. The number of carbonyl (C=O) groups excluding carboxylic acids is 2. The maximum Gasteiger partial charge on any atom is 0.227 e. The van der Waals surface area contributed by atoms with Gasteiger partial charge in [-0.3, -0.25) is 4.79 Å². The molecule has 1 aliphatic heterocycles. The highest BCUT2D eigenvalue weighted by Crippen LogP contribution is 2.41. The van der Waals surface area contributed by atoms with Crippen LogP contribution in [-0.4, -0.2) is 11.9 Å². The Kier molecular flexibility index (Phi) is 3.98. The Balaban J connectivity index is 2.07. The van der Waals surface area contributed by atoms with E-state index in [-0.39, 0.29) is 12.3 Å². The van der Waals surface area contributed by atoms with E-state index in [1.54, 1.807) is 4.90 Å². The number of carboxylic acids is 1. The predicted molar refractivity (Wildman–Crippen MR) is 83.5 cm³/mol. The Labute approximate surface area is 133 Å². The van der Waals surface area contributed by atoms with Gasteiger partial charge in [0.25, 0.3) is 0 Å². The smallest absolute Gasteiger partial charge is 0.227 e. The number of nitrogens with zero attached hydrogens (tertiary/aromatic N) is 1. The van der Waals surface area contributed by atoms with E-state index in [2.05, 4.69) is 0 Å². The first kappa shape index (κ1) is 14.8. The lowest BCUT2D eigenvalue weighted by molar-refractivity contribution is -0.312. The van der Waals surface area contributed by atoms with Gasteiger partial charge in [-0.1, -0.05) is 23.8 Å². The van der Waals surface area contributed by atoms with Gasteiger partial charge >= 0.3 is 0 Å². The molecule has 0 radical (unpaired) electrons. The number of carboxylic acid groups (broad SMARTS) is 1. The molecule has 5 heteroatoms. The quantitative estimate of drug-likeness (QED) is 0.873. The van der Waals surface area contributed by atoms with Crippen molar-refractivity contribution in [3.8, 4) is 0 Å². The molecule has 1 aromatic heterocycles. The van der Waals surface area contributed by atoms with Crippen LogP contribution in [0.4, 0.5) is 5.69 Å². The van der Waals surface area contributed by atoms with Crippen molar-refractivity contribution in [3.05, 3.63) is 52.2 Å². The van der Waals surface area contributed by atoms with Gasteiger partial charge < -0.3 is 14.8 Å². The zero-order valence-electron chi connectivity index (χ0n) is 12.2. The summed E-state index contributed by atoms with van der Waals surface area (Å²) in [6.45, 7) is 1.97. The van der Waals surface area contributed by atoms with Crippen molar-refractivity contribution in [3.63, 3.8) is 0 Å². The van der Waals surface area contributed by atoms with Crippen LogP contribution in [0.1, 0.15) is 29.3 Å². The van der Waals surface area contributed by atoms with Crippen molar-refractivity contribution in [2.45, 2.75) is 25.8 Å². The molecule has 1 aromatic carbocycles. The third-order valence-electron chi connectivity index (χ3n) is 4.05. The van der Waals surface area contributed by atoms with Crippen LogP contribution in [0.2, 0.25) is 0 Å². The summed E-state index contributed by atoms with van der Waals surface area (Å²) < 4.78 is 0. The summed E-state index contributed by atoms with van der Waals surface area (Å²) in [7, 11) is 0. The van der Waals surface area contributed by atoms with Crippen molar-refractivity contribution >= 4 is 28.9 Å². The van der Waals surface area contributed by atoms with E-state index in [9.17, 15) is 14.7 Å². The molecular weight excluding hydrogens is 298 g/mol. The van der Waals surface area contributed by atoms with Gasteiger partial charge in [-0.05, 0) is 36.9 Å². The van der Waals surface area contributed by atoms with Gasteiger partial charge in [-0.2, -0.15) is 0 Å². The number of aryl methyl sites for hydroxylation is 1.